The molecule has 1 aliphatic rings. The molecule has 2 aromatic carbocycles. The maximum atomic E-state index is 12.7. The van der Waals surface area contributed by atoms with E-state index in [1.54, 1.807) is 38.3 Å². The second-order valence-electron chi connectivity index (χ2n) is 8.19. The standard InChI is InChI=1S/C25H32N2O4/c1-17(28)20-7-5-9-23(15-20)31-18(2)25(29)26-16-21-8-6-14-27(3)24(21)19-10-12-22(30-4)13-11-19/h5,7,9-13,15,18,21,24H,6,8,14,16H2,1-4H3,(H,26,29). The molecule has 0 aliphatic carbocycles. The summed E-state index contributed by atoms with van der Waals surface area (Å²) in [5.41, 5.74) is 1.80. The molecule has 0 spiro atoms. The maximum absolute atomic E-state index is 12.7. The van der Waals surface area contributed by atoms with E-state index >= 15 is 0 Å². The van der Waals surface area contributed by atoms with E-state index in [1.807, 2.05) is 12.1 Å². The molecule has 31 heavy (non-hydrogen) atoms. The number of likely N-dealkylation sites (tertiary alicyclic amines) is 1. The fourth-order valence-electron chi connectivity index (χ4n) is 4.22. The number of methoxy groups -OCH3 is 1. The second-order valence-corrected chi connectivity index (χ2v) is 8.19. The van der Waals surface area contributed by atoms with Crippen LogP contribution in [0.5, 0.6) is 11.5 Å². The molecule has 0 aromatic heterocycles. The van der Waals surface area contributed by atoms with E-state index in [0.29, 0.717) is 23.8 Å². The average molecular weight is 425 g/mol. The molecule has 1 amide bonds. The third kappa shape index (κ3) is 5.85. The highest BCUT2D eigenvalue weighted by Gasteiger charge is 2.31. The van der Waals surface area contributed by atoms with Crippen LogP contribution < -0.4 is 14.8 Å². The van der Waals surface area contributed by atoms with Crippen molar-refractivity contribution >= 4 is 11.7 Å². The van der Waals surface area contributed by atoms with Gasteiger partial charge in [0.25, 0.3) is 5.91 Å². The minimum absolute atomic E-state index is 0.0338. The average Bonchev–Trinajstić information content (AvgIpc) is 2.77. The van der Waals surface area contributed by atoms with Gasteiger partial charge in [-0.1, -0.05) is 24.3 Å². The summed E-state index contributed by atoms with van der Waals surface area (Å²) in [7, 11) is 3.80. The van der Waals surface area contributed by atoms with E-state index in [1.165, 1.54) is 12.5 Å². The van der Waals surface area contributed by atoms with E-state index in [-0.39, 0.29) is 17.7 Å². The van der Waals surface area contributed by atoms with Gasteiger partial charge in [0.05, 0.1) is 7.11 Å². The van der Waals surface area contributed by atoms with Crippen molar-refractivity contribution in [3.05, 3.63) is 59.7 Å². The number of hydrogen-bond acceptors (Lipinski definition) is 5. The molecule has 2 aromatic rings. The third-order valence-electron chi connectivity index (χ3n) is 5.93. The van der Waals surface area contributed by atoms with Crippen molar-refractivity contribution in [1.29, 1.82) is 0 Å². The summed E-state index contributed by atoms with van der Waals surface area (Å²) in [6, 6.07) is 15.3. The number of ketones is 1. The lowest BCUT2D eigenvalue weighted by Crippen LogP contribution is -2.44. The van der Waals surface area contributed by atoms with Gasteiger partial charge >= 0.3 is 0 Å². The van der Waals surface area contributed by atoms with Crippen LogP contribution in [-0.2, 0) is 4.79 Å². The van der Waals surface area contributed by atoms with Crippen molar-refractivity contribution in [2.45, 2.75) is 38.8 Å². The Hall–Kier alpha value is -2.86. The third-order valence-corrected chi connectivity index (χ3v) is 5.93. The SMILES string of the molecule is COc1ccc(C2C(CNC(=O)C(C)Oc3cccc(C(C)=O)c3)CCCN2C)cc1. The molecule has 0 saturated carbocycles. The van der Waals surface area contributed by atoms with Crippen molar-refractivity contribution in [1.82, 2.24) is 10.2 Å². The number of carbonyl (C=O) groups is 2. The molecular weight excluding hydrogens is 392 g/mol. The molecule has 1 saturated heterocycles. The van der Waals surface area contributed by atoms with Crippen molar-refractivity contribution in [3.8, 4) is 11.5 Å². The molecule has 1 N–H and O–H groups in total. The smallest absolute Gasteiger partial charge is 0.260 e. The predicted octanol–water partition coefficient (Wildman–Crippen LogP) is 3.86. The Morgan fingerprint density at radius 3 is 2.58 bits per heavy atom. The molecule has 1 fully saturated rings. The number of amides is 1. The van der Waals surface area contributed by atoms with Crippen LogP contribution in [0.2, 0.25) is 0 Å². The van der Waals surface area contributed by atoms with Gasteiger partial charge in [-0.25, -0.2) is 0 Å². The fourth-order valence-corrected chi connectivity index (χ4v) is 4.22. The van der Waals surface area contributed by atoms with Crippen molar-refractivity contribution in [3.63, 3.8) is 0 Å². The van der Waals surface area contributed by atoms with Gasteiger partial charge in [-0.05, 0) is 76.0 Å². The number of rotatable bonds is 8. The molecule has 3 rings (SSSR count). The molecule has 6 nitrogen and oxygen atoms in total. The normalized spacial score (nSPS) is 20.0. The van der Waals surface area contributed by atoms with Crippen LogP contribution in [0, 0.1) is 5.92 Å². The van der Waals surface area contributed by atoms with Gasteiger partial charge in [0, 0.05) is 18.2 Å². The summed E-state index contributed by atoms with van der Waals surface area (Å²) >= 11 is 0. The Morgan fingerprint density at radius 1 is 1.16 bits per heavy atom. The minimum Gasteiger partial charge on any atom is -0.497 e. The Labute approximate surface area is 184 Å². The van der Waals surface area contributed by atoms with Crippen LogP contribution >= 0.6 is 0 Å². The summed E-state index contributed by atoms with van der Waals surface area (Å²) in [5, 5.41) is 3.07. The van der Waals surface area contributed by atoms with Crippen LogP contribution in [0.3, 0.4) is 0 Å². The molecule has 3 atom stereocenters. The van der Waals surface area contributed by atoms with Gasteiger partial charge in [0.15, 0.2) is 11.9 Å². The monoisotopic (exact) mass is 424 g/mol. The van der Waals surface area contributed by atoms with Crippen molar-refractivity contribution < 1.29 is 19.1 Å². The zero-order valence-corrected chi connectivity index (χ0v) is 18.8. The molecule has 0 bridgehead atoms. The highest BCUT2D eigenvalue weighted by molar-refractivity contribution is 5.94. The molecular formula is C25H32N2O4. The summed E-state index contributed by atoms with van der Waals surface area (Å²) in [6.07, 6.45) is 1.51. The number of carbonyl (C=O) groups excluding carboxylic acids is 2. The first kappa shape index (κ1) is 22.8. The first-order valence-electron chi connectivity index (χ1n) is 10.8. The topological polar surface area (TPSA) is 67.9 Å². The van der Waals surface area contributed by atoms with E-state index in [4.69, 9.17) is 9.47 Å². The summed E-state index contributed by atoms with van der Waals surface area (Å²) in [6.45, 7) is 4.85. The van der Waals surface area contributed by atoms with Gasteiger partial charge in [0.2, 0.25) is 0 Å². The Balaban J connectivity index is 1.61. The van der Waals surface area contributed by atoms with Crippen LogP contribution in [0.4, 0.5) is 0 Å². The van der Waals surface area contributed by atoms with Gasteiger partial charge in [-0.2, -0.15) is 0 Å². The molecule has 6 heteroatoms. The van der Waals surface area contributed by atoms with Crippen molar-refractivity contribution in [2.24, 2.45) is 5.92 Å². The number of Topliss-reactive ketones (excluding diaryl/α,β-unsaturated/α-hetero) is 1. The molecule has 166 valence electrons. The lowest BCUT2D eigenvalue weighted by Gasteiger charge is -2.39. The zero-order valence-electron chi connectivity index (χ0n) is 18.8. The predicted molar refractivity (Wildman–Crippen MR) is 121 cm³/mol. The van der Waals surface area contributed by atoms with Gasteiger partial charge < -0.3 is 14.8 Å². The first-order chi connectivity index (χ1) is 14.9. The van der Waals surface area contributed by atoms with Gasteiger partial charge in [-0.3, -0.25) is 14.5 Å². The highest BCUT2D eigenvalue weighted by Crippen LogP contribution is 2.35. The fraction of sp³-hybridized carbons (Fsp3) is 0.440. The van der Waals surface area contributed by atoms with E-state index in [0.717, 1.165) is 25.1 Å². The number of nitrogens with one attached hydrogen (secondary N) is 1. The lowest BCUT2D eigenvalue weighted by molar-refractivity contribution is -0.127. The summed E-state index contributed by atoms with van der Waals surface area (Å²) < 4.78 is 11.1. The van der Waals surface area contributed by atoms with Gasteiger partial charge in [0.1, 0.15) is 11.5 Å². The Morgan fingerprint density at radius 2 is 1.90 bits per heavy atom. The Kier molecular flexibility index (Phi) is 7.69. The van der Waals surface area contributed by atoms with E-state index in [9.17, 15) is 9.59 Å². The summed E-state index contributed by atoms with van der Waals surface area (Å²) in [4.78, 5) is 26.6. The van der Waals surface area contributed by atoms with E-state index in [2.05, 4.69) is 29.4 Å². The zero-order chi connectivity index (χ0) is 22.4. The first-order valence-corrected chi connectivity index (χ1v) is 10.8. The van der Waals surface area contributed by atoms with Gasteiger partial charge in [-0.15, -0.1) is 0 Å². The largest absolute Gasteiger partial charge is 0.497 e. The minimum atomic E-state index is -0.650. The second kappa shape index (κ2) is 10.4. The van der Waals surface area contributed by atoms with Crippen LogP contribution in [0.1, 0.15) is 48.7 Å². The van der Waals surface area contributed by atoms with Crippen LogP contribution in [-0.4, -0.2) is 49.9 Å². The lowest BCUT2D eigenvalue weighted by atomic mass is 9.85. The number of ether oxygens (including phenoxy) is 2. The number of piperidine rings is 1. The number of hydrogen-bond donors (Lipinski definition) is 1. The van der Waals surface area contributed by atoms with E-state index < -0.39 is 6.10 Å². The van der Waals surface area contributed by atoms with Crippen LogP contribution in [0.25, 0.3) is 0 Å². The quantitative estimate of drug-likeness (QED) is 0.652. The molecule has 3 unspecified atom stereocenters. The maximum Gasteiger partial charge on any atom is 0.260 e. The molecule has 0 radical (unpaired) electrons. The summed E-state index contributed by atoms with van der Waals surface area (Å²) in [5.74, 6) is 1.48. The number of nitrogens with zero attached hydrogens (tertiary/aromatic N) is 1. The Bertz CT molecular complexity index is 897. The number of benzene rings is 2. The molecule has 1 heterocycles. The van der Waals surface area contributed by atoms with Crippen molar-refractivity contribution in [2.75, 3.05) is 27.2 Å². The highest BCUT2D eigenvalue weighted by atomic mass is 16.5. The van der Waals surface area contributed by atoms with Crippen LogP contribution in [0.15, 0.2) is 48.5 Å². The molecule has 1 aliphatic heterocycles.